The van der Waals surface area contributed by atoms with Crippen LogP contribution in [0.5, 0.6) is 0 Å². The zero-order valence-corrected chi connectivity index (χ0v) is 12.3. The number of thioether (sulfide) groups is 1. The number of nitrogens with one attached hydrogen (secondary N) is 1. The zero-order chi connectivity index (χ0) is 14.2. The fourth-order valence-electron chi connectivity index (χ4n) is 1.90. The van der Waals surface area contributed by atoms with E-state index in [1.165, 1.54) is 11.8 Å². The second-order valence-electron chi connectivity index (χ2n) is 4.26. The van der Waals surface area contributed by atoms with E-state index < -0.39 is 10.0 Å². The van der Waals surface area contributed by atoms with Crippen LogP contribution in [0.2, 0.25) is 0 Å². The van der Waals surface area contributed by atoms with Gasteiger partial charge in [-0.2, -0.15) is 8.42 Å². The highest BCUT2D eigenvalue weighted by Crippen LogP contribution is 2.29. The topological polar surface area (TPSA) is 71.7 Å². The first-order valence-electron chi connectivity index (χ1n) is 5.93. The van der Waals surface area contributed by atoms with Crippen LogP contribution in [0.15, 0.2) is 55.2 Å². The van der Waals surface area contributed by atoms with Crippen molar-refractivity contribution in [3.05, 3.63) is 42.4 Å². The van der Waals surface area contributed by atoms with E-state index in [0.29, 0.717) is 17.3 Å². The van der Waals surface area contributed by atoms with E-state index in [-0.39, 0.29) is 4.90 Å². The smallest absolute Gasteiger partial charge is 0.286 e. The Hall–Kier alpha value is -1.73. The number of anilines is 1. The maximum Gasteiger partial charge on any atom is 0.286 e. The average Bonchev–Trinajstić information content (AvgIpc) is 2.81. The van der Waals surface area contributed by atoms with Gasteiger partial charge in [0.1, 0.15) is 16.5 Å². The van der Waals surface area contributed by atoms with Gasteiger partial charge < -0.3 is 9.73 Å². The Morgan fingerprint density at radius 3 is 2.85 bits per heavy atom. The number of benzene rings is 1. The van der Waals surface area contributed by atoms with Crippen molar-refractivity contribution in [2.75, 3.05) is 11.1 Å². The highest BCUT2D eigenvalue weighted by atomic mass is 32.2. The van der Waals surface area contributed by atoms with Crippen molar-refractivity contribution in [2.24, 2.45) is 4.40 Å². The average molecular weight is 308 g/mol. The largest absolute Gasteiger partial charge is 0.468 e. The summed E-state index contributed by atoms with van der Waals surface area (Å²) in [7, 11) is -3.60. The molecular formula is C13H12N2O3S2. The molecule has 1 aliphatic heterocycles. The molecule has 20 heavy (non-hydrogen) atoms. The molecule has 0 saturated carbocycles. The summed E-state index contributed by atoms with van der Waals surface area (Å²) >= 11 is 1.48. The first kappa shape index (κ1) is 13.3. The van der Waals surface area contributed by atoms with E-state index in [0.717, 1.165) is 10.7 Å². The van der Waals surface area contributed by atoms with Crippen LogP contribution >= 0.6 is 11.8 Å². The second kappa shape index (κ2) is 4.99. The van der Waals surface area contributed by atoms with Gasteiger partial charge in [-0.15, -0.1) is 16.2 Å². The fraction of sp³-hybridized carbons (Fsp3) is 0.154. The molecule has 1 aromatic heterocycles. The predicted molar refractivity (Wildman–Crippen MR) is 78.9 cm³/mol. The lowest BCUT2D eigenvalue weighted by Gasteiger charge is -2.17. The Morgan fingerprint density at radius 2 is 2.10 bits per heavy atom. The minimum Gasteiger partial charge on any atom is -0.468 e. The second-order valence-corrected chi connectivity index (χ2v) is 6.85. The molecule has 0 aliphatic carbocycles. The van der Waals surface area contributed by atoms with E-state index in [9.17, 15) is 8.42 Å². The molecule has 1 aromatic carbocycles. The number of hydrogen-bond acceptors (Lipinski definition) is 5. The van der Waals surface area contributed by atoms with Gasteiger partial charge in [0.2, 0.25) is 0 Å². The molecule has 0 unspecified atom stereocenters. The van der Waals surface area contributed by atoms with E-state index in [4.69, 9.17) is 4.42 Å². The molecule has 2 heterocycles. The van der Waals surface area contributed by atoms with Crippen molar-refractivity contribution >= 4 is 33.3 Å². The number of aryl methyl sites for hydroxylation is 1. The van der Waals surface area contributed by atoms with Gasteiger partial charge in [-0.05, 0) is 25.1 Å². The minimum atomic E-state index is -3.60. The summed E-state index contributed by atoms with van der Waals surface area (Å²) in [4.78, 5) is 1.19. The molecule has 1 N–H and O–H groups in total. The third-order valence-electron chi connectivity index (χ3n) is 2.85. The maximum atomic E-state index is 12.1. The van der Waals surface area contributed by atoms with Crippen molar-refractivity contribution in [3.63, 3.8) is 0 Å². The molecule has 0 fully saturated rings. The first-order valence-corrected chi connectivity index (χ1v) is 8.35. The molecule has 0 saturated heterocycles. The Labute approximate surface area is 121 Å². The van der Waals surface area contributed by atoms with Crippen molar-refractivity contribution in [2.45, 2.75) is 16.7 Å². The lowest BCUT2D eigenvalue weighted by Crippen LogP contribution is -2.23. The lowest BCUT2D eigenvalue weighted by atomic mass is 10.3. The molecule has 104 valence electrons. The molecule has 7 heteroatoms. The van der Waals surface area contributed by atoms with Gasteiger partial charge in [-0.3, -0.25) is 0 Å². The molecule has 0 amide bonds. The summed E-state index contributed by atoms with van der Waals surface area (Å²) in [6.07, 6.45) is 1.61. The molecule has 5 nitrogen and oxygen atoms in total. The Bertz CT molecular complexity index is 778. The van der Waals surface area contributed by atoms with Gasteiger partial charge in [0, 0.05) is 4.90 Å². The number of fused-ring (bicyclic) bond motifs is 1. The standard InChI is InChI=1S/C13H12N2O3S2/c1-9-11(6-7-18-9)19-8-13-14-10-4-2-3-5-12(10)20(16,17)15-13/h2-7H,8H2,1H3,(H,14,15). The Balaban J connectivity index is 1.83. The predicted octanol–water partition coefficient (Wildman–Crippen LogP) is 2.89. The molecule has 2 aromatic rings. The normalized spacial score (nSPS) is 16.1. The van der Waals surface area contributed by atoms with Gasteiger partial charge >= 0.3 is 0 Å². The van der Waals surface area contributed by atoms with Crippen LogP contribution in [0.4, 0.5) is 5.69 Å². The summed E-state index contributed by atoms with van der Waals surface area (Å²) in [5, 5.41) is 3.05. The fourth-order valence-corrected chi connectivity index (χ4v) is 3.96. The highest BCUT2D eigenvalue weighted by Gasteiger charge is 2.24. The third-order valence-corrected chi connectivity index (χ3v) is 5.37. The van der Waals surface area contributed by atoms with Gasteiger partial charge in [0.05, 0.1) is 17.7 Å². The van der Waals surface area contributed by atoms with Crippen molar-refractivity contribution in [1.82, 2.24) is 0 Å². The number of hydrogen-bond donors (Lipinski definition) is 1. The summed E-state index contributed by atoms with van der Waals surface area (Å²) in [5.41, 5.74) is 0.571. The van der Waals surface area contributed by atoms with Crippen LogP contribution in [-0.2, 0) is 10.0 Å². The maximum absolute atomic E-state index is 12.1. The number of sulfonamides is 1. The first-order chi connectivity index (χ1) is 9.56. The zero-order valence-electron chi connectivity index (χ0n) is 10.7. The quantitative estimate of drug-likeness (QED) is 0.883. The molecule has 0 atom stereocenters. The van der Waals surface area contributed by atoms with E-state index in [1.54, 1.807) is 30.5 Å². The van der Waals surface area contributed by atoms with Crippen LogP contribution in [-0.4, -0.2) is 20.0 Å². The number of para-hydroxylation sites is 1. The molecule has 1 aliphatic rings. The Morgan fingerprint density at radius 1 is 1.30 bits per heavy atom. The van der Waals surface area contributed by atoms with Crippen LogP contribution < -0.4 is 5.32 Å². The molecule has 0 bridgehead atoms. The van der Waals surface area contributed by atoms with Gasteiger partial charge in [-0.25, -0.2) is 0 Å². The molecule has 0 radical (unpaired) electrons. The highest BCUT2D eigenvalue weighted by molar-refractivity contribution is 8.00. The summed E-state index contributed by atoms with van der Waals surface area (Å²) in [6, 6.07) is 8.60. The van der Waals surface area contributed by atoms with Crippen LogP contribution in [0.1, 0.15) is 5.76 Å². The third kappa shape index (κ3) is 2.46. The molecule has 3 rings (SSSR count). The van der Waals surface area contributed by atoms with Crippen LogP contribution in [0, 0.1) is 6.92 Å². The van der Waals surface area contributed by atoms with Crippen molar-refractivity contribution < 1.29 is 12.8 Å². The molecule has 0 spiro atoms. The summed E-state index contributed by atoms with van der Waals surface area (Å²) in [5.74, 6) is 1.68. The van der Waals surface area contributed by atoms with E-state index >= 15 is 0 Å². The lowest BCUT2D eigenvalue weighted by molar-refractivity contribution is 0.527. The number of furan rings is 1. The monoisotopic (exact) mass is 308 g/mol. The number of rotatable bonds is 3. The van der Waals surface area contributed by atoms with E-state index in [2.05, 4.69) is 9.71 Å². The number of nitrogens with zero attached hydrogens (tertiary/aromatic N) is 1. The van der Waals surface area contributed by atoms with Crippen LogP contribution in [0.3, 0.4) is 0 Å². The van der Waals surface area contributed by atoms with Gasteiger partial charge in [0.25, 0.3) is 10.0 Å². The van der Waals surface area contributed by atoms with Crippen molar-refractivity contribution in [3.8, 4) is 0 Å². The van der Waals surface area contributed by atoms with Gasteiger partial charge in [-0.1, -0.05) is 12.1 Å². The summed E-state index contributed by atoms with van der Waals surface area (Å²) < 4.78 is 33.1. The Kier molecular flexibility index (Phi) is 3.31. The minimum absolute atomic E-state index is 0.216. The molecular weight excluding hydrogens is 296 g/mol. The van der Waals surface area contributed by atoms with Gasteiger partial charge in [0.15, 0.2) is 0 Å². The number of amidine groups is 1. The van der Waals surface area contributed by atoms with Crippen LogP contribution in [0.25, 0.3) is 0 Å². The van der Waals surface area contributed by atoms with E-state index in [1.807, 2.05) is 13.0 Å². The summed E-state index contributed by atoms with van der Waals surface area (Å²) in [6.45, 7) is 1.87. The SMILES string of the molecule is Cc1occc1SCC1=NS(=O)(=O)c2ccccc2N1. The van der Waals surface area contributed by atoms with Crippen molar-refractivity contribution in [1.29, 1.82) is 0 Å².